The van der Waals surface area contributed by atoms with E-state index in [-0.39, 0.29) is 10.9 Å². The lowest BCUT2D eigenvalue weighted by Gasteiger charge is -2.14. The van der Waals surface area contributed by atoms with Crippen LogP contribution in [0.25, 0.3) is 0 Å². The lowest BCUT2D eigenvalue weighted by molar-refractivity contribution is 0.557. The van der Waals surface area contributed by atoms with Crippen LogP contribution in [0.2, 0.25) is 0 Å². The molecule has 1 aromatic rings. The lowest BCUT2D eigenvalue weighted by Crippen LogP contribution is -2.33. The Bertz CT molecular complexity index is 588. The Hall–Kier alpha value is -0.170. The van der Waals surface area contributed by atoms with E-state index in [4.69, 9.17) is 0 Å². The van der Waals surface area contributed by atoms with E-state index < -0.39 is 10.0 Å². The molecular formula is C12H13Br2NO2S. The van der Waals surface area contributed by atoms with Gasteiger partial charge in [-0.15, -0.1) is 0 Å². The number of hydrogen-bond donors (Lipinski definition) is 1. The van der Waals surface area contributed by atoms with Crippen LogP contribution in [0.1, 0.15) is 18.4 Å². The van der Waals surface area contributed by atoms with E-state index in [9.17, 15) is 8.42 Å². The summed E-state index contributed by atoms with van der Waals surface area (Å²) in [5.41, 5.74) is 0.989. The third-order valence-electron chi connectivity index (χ3n) is 2.83. The Kier molecular flexibility index (Phi) is 4.31. The molecule has 0 atom stereocenters. The van der Waals surface area contributed by atoms with Crippen molar-refractivity contribution in [1.82, 2.24) is 4.72 Å². The average Bonchev–Trinajstić information content (AvgIpc) is 2.75. The number of benzene rings is 1. The first-order valence-corrected chi connectivity index (χ1v) is 8.60. The lowest BCUT2D eigenvalue weighted by atomic mass is 10.2. The molecule has 0 fully saturated rings. The maximum Gasteiger partial charge on any atom is 0.242 e. The summed E-state index contributed by atoms with van der Waals surface area (Å²) >= 11 is 6.67. The zero-order valence-electron chi connectivity index (χ0n) is 9.78. The van der Waals surface area contributed by atoms with Crippen LogP contribution in [0.3, 0.4) is 0 Å². The molecule has 0 saturated heterocycles. The fourth-order valence-electron chi connectivity index (χ4n) is 1.83. The summed E-state index contributed by atoms with van der Waals surface area (Å²) in [6.45, 7) is 1.92. The first-order valence-electron chi connectivity index (χ1n) is 5.53. The molecule has 0 bridgehead atoms. The monoisotopic (exact) mass is 393 g/mol. The molecule has 0 saturated carbocycles. The van der Waals surface area contributed by atoms with Crippen LogP contribution in [0, 0.1) is 6.92 Å². The number of halogens is 2. The standard InChI is InChI=1S/C12H13Br2NO2S/c1-8-6-11(14)12(7-10(8)13)18(16,17)15-9-4-2-3-5-9/h2-3,6-7,9,15H,4-5H2,1H3. The Morgan fingerprint density at radius 2 is 1.78 bits per heavy atom. The summed E-state index contributed by atoms with van der Waals surface area (Å²) in [6.07, 6.45) is 5.49. The summed E-state index contributed by atoms with van der Waals surface area (Å²) in [6, 6.07) is 3.40. The van der Waals surface area contributed by atoms with Crippen molar-refractivity contribution in [2.45, 2.75) is 30.7 Å². The van der Waals surface area contributed by atoms with E-state index in [1.165, 1.54) is 0 Å². The Labute approximate surface area is 124 Å². The maximum absolute atomic E-state index is 12.3. The first-order chi connectivity index (χ1) is 8.40. The van der Waals surface area contributed by atoms with Gasteiger partial charge in [-0.2, -0.15) is 0 Å². The Morgan fingerprint density at radius 1 is 1.17 bits per heavy atom. The molecule has 2 rings (SSSR count). The van der Waals surface area contributed by atoms with E-state index in [0.717, 1.165) is 22.9 Å². The molecule has 3 nitrogen and oxygen atoms in total. The minimum Gasteiger partial charge on any atom is -0.207 e. The second-order valence-electron chi connectivity index (χ2n) is 4.29. The zero-order chi connectivity index (χ0) is 13.3. The van der Waals surface area contributed by atoms with Gasteiger partial charge in [-0.1, -0.05) is 28.1 Å². The SMILES string of the molecule is Cc1cc(Br)c(S(=O)(=O)NC2CC=CC2)cc1Br. The summed E-state index contributed by atoms with van der Waals surface area (Å²) in [7, 11) is -3.48. The minimum absolute atomic E-state index is 0.0259. The van der Waals surface area contributed by atoms with Gasteiger partial charge in [0.25, 0.3) is 0 Å². The molecule has 0 unspecified atom stereocenters. The Morgan fingerprint density at radius 3 is 2.39 bits per heavy atom. The van der Waals surface area contributed by atoms with Crippen molar-refractivity contribution >= 4 is 41.9 Å². The minimum atomic E-state index is -3.48. The van der Waals surface area contributed by atoms with Crippen LogP contribution >= 0.6 is 31.9 Å². The molecule has 0 aromatic heterocycles. The predicted octanol–water partition coefficient (Wildman–Crippen LogP) is 3.52. The normalized spacial score (nSPS) is 16.4. The summed E-state index contributed by atoms with van der Waals surface area (Å²) in [5.74, 6) is 0. The number of sulfonamides is 1. The molecule has 98 valence electrons. The van der Waals surface area contributed by atoms with Gasteiger partial charge in [0.2, 0.25) is 10.0 Å². The summed E-state index contributed by atoms with van der Waals surface area (Å²) in [5, 5.41) is 0. The van der Waals surface area contributed by atoms with Crippen molar-refractivity contribution in [1.29, 1.82) is 0 Å². The van der Waals surface area contributed by atoms with Crippen LogP contribution < -0.4 is 4.72 Å². The molecule has 0 heterocycles. The zero-order valence-corrected chi connectivity index (χ0v) is 13.8. The van der Waals surface area contributed by atoms with E-state index in [0.29, 0.717) is 4.47 Å². The van der Waals surface area contributed by atoms with Gasteiger partial charge in [0.05, 0.1) is 4.90 Å². The number of rotatable bonds is 3. The first kappa shape index (κ1) is 14.2. The van der Waals surface area contributed by atoms with Gasteiger partial charge in [0.1, 0.15) is 0 Å². The van der Waals surface area contributed by atoms with Crippen molar-refractivity contribution in [2.75, 3.05) is 0 Å². The molecule has 18 heavy (non-hydrogen) atoms. The molecule has 0 aliphatic heterocycles. The number of aryl methyl sites for hydroxylation is 1. The van der Waals surface area contributed by atoms with Crippen molar-refractivity contribution in [3.8, 4) is 0 Å². The van der Waals surface area contributed by atoms with Crippen molar-refractivity contribution in [3.63, 3.8) is 0 Å². The Balaban J connectivity index is 2.32. The van der Waals surface area contributed by atoms with Crippen LogP contribution in [-0.4, -0.2) is 14.5 Å². The predicted molar refractivity (Wildman–Crippen MR) is 79.1 cm³/mol. The third-order valence-corrected chi connectivity index (χ3v) is 6.17. The molecule has 6 heteroatoms. The quantitative estimate of drug-likeness (QED) is 0.797. The fourth-order valence-corrected chi connectivity index (χ4v) is 4.77. The molecule has 1 aromatic carbocycles. The topological polar surface area (TPSA) is 46.2 Å². The van der Waals surface area contributed by atoms with Gasteiger partial charge in [-0.25, -0.2) is 13.1 Å². The second-order valence-corrected chi connectivity index (χ2v) is 7.68. The molecule has 0 spiro atoms. The summed E-state index contributed by atoms with van der Waals surface area (Å²) < 4.78 is 28.7. The van der Waals surface area contributed by atoms with Gasteiger partial charge in [-0.05, 0) is 53.4 Å². The van der Waals surface area contributed by atoms with Gasteiger partial charge in [0.15, 0.2) is 0 Å². The van der Waals surface area contributed by atoms with Crippen LogP contribution in [-0.2, 0) is 10.0 Å². The van der Waals surface area contributed by atoms with Crippen molar-refractivity contribution in [3.05, 3.63) is 38.8 Å². The van der Waals surface area contributed by atoms with Gasteiger partial charge >= 0.3 is 0 Å². The highest BCUT2D eigenvalue weighted by Crippen LogP contribution is 2.29. The largest absolute Gasteiger partial charge is 0.242 e. The summed E-state index contributed by atoms with van der Waals surface area (Å²) in [4.78, 5) is 0.270. The maximum atomic E-state index is 12.3. The van der Waals surface area contributed by atoms with Crippen molar-refractivity contribution in [2.24, 2.45) is 0 Å². The van der Waals surface area contributed by atoms with Crippen LogP contribution in [0.4, 0.5) is 0 Å². The van der Waals surface area contributed by atoms with E-state index in [2.05, 4.69) is 36.6 Å². The van der Waals surface area contributed by atoms with E-state index >= 15 is 0 Å². The number of nitrogens with one attached hydrogen (secondary N) is 1. The molecule has 1 N–H and O–H groups in total. The molecule has 1 aliphatic carbocycles. The highest BCUT2D eigenvalue weighted by molar-refractivity contribution is 9.11. The molecule has 0 radical (unpaired) electrons. The molecule has 0 amide bonds. The van der Waals surface area contributed by atoms with Gasteiger partial charge in [-0.3, -0.25) is 0 Å². The third kappa shape index (κ3) is 3.04. The van der Waals surface area contributed by atoms with Crippen molar-refractivity contribution < 1.29 is 8.42 Å². The van der Waals surface area contributed by atoms with E-state index in [1.807, 2.05) is 19.1 Å². The smallest absolute Gasteiger partial charge is 0.207 e. The fraction of sp³-hybridized carbons (Fsp3) is 0.333. The second kappa shape index (κ2) is 5.45. The molecule has 1 aliphatic rings. The molecular weight excluding hydrogens is 382 g/mol. The number of hydrogen-bond acceptors (Lipinski definition) is 2. The highest BCUT2D eigenvalue weighted by Gasteiger charge is 2.23. The van der Waals surface area contributed by atoms with Crippen LogP contribution in [0.15, 0.2) is 38.1 Å². The van der Waals surface area contributed by atoms with Gasteiger partial charge in [0, 0.05) is 15.0 Å². The van der Waals surface area contributed by atoms with Gasteiger partial charge < -0.3 is 0 Å². The highest BCUT2D eigenvalue weighted by atomic mass is 79.9. The van der Waals surface area contributed by atoms with Crippen LogP contribution in [0.5, 0.6) is 0 Å². The average molecular weight is 395 g/mol. The van der Waals surface area contributed by atoms with E-state index in [1.54, 1.807) is 12.1 Å².